The Morgan fingerprint density at radius 3 is 2.50 bits per heavy atom. The zero-order chi connectivity index (χ0) is 10.8. The van der Waals surface area contributed by atoms with Gasteiger partial charge >= 0.3 is 6.18 Å². The molecule has 0 N–H and O–H groups in total. The van der Waals surface area contributed by atoms with E-state index in [0.29, 0.717) is 0 Å². The van der Waals surface area contributed by atoms with Crippen molar-refractivity contribution in [3.63, 3.8) is 0 Å². The fourth-order valence-corrected chi connectivity index (χ4v) is 1.03. The van der Waals surface area contributed by atoms with Crippen LogP contribution in [-0.4, -0.2) is 12.1 Å². The van der Waals surface area contributed by atoms with Gasteiger partial charge in [-0.3, -0.25) is 0 Å². The molecule has 1 aromatic heterocycles. The molecule has 0 amide bonds. The Bertz CT molecular complexity index is 305. The Hall–Kier alpha value is -0.970. The molecule has 0 aliphatic rings. The maximum Gasteiger partial charge on any atom is 0.433 e. The molecule has 0 fully saturated rings. The maximum atomic E-state index is 12.3. The van der Waals surface area contributed by atoms with Crippen LogP contribution < -0.4 is 4.74 Å². The van der Waals surface area contributed by atoms with Crippen LogP contribution in [-0.2, 0) is 12.1 Å². The number of halogens is 4. The molecule has 2 nitrogen and oxygen atoms in total. The van der Waals surface area contributed by atoms with Crippen molar-refractivity contribution >= 4 is 11.6 Å². The van der Waals surface area contributed by atoms with Crippen molar-refractivity contribution in [1.29, 1.82) is 0 Å². The van der Waals surface area contributed by atoms with Gasteiger partial charge in [0.1, 0.15) is 11.4 Å². The van der Waals surface area contributed by atoms with Gasteiger partial charge in [-0.25, -0.2) is 4.98 Å². The highest BCUT2D eigenvalue weighted by molar-refractivity contribution is 6.16. The molecule has 0 saturated heterocycles. The Morgan fingerprint density at radius 2 is 2.07 bits per heavy atom. The van der Waals surface area contributed by atoms with Crippen LogP contribution >= 0.6 is 11.6 Å². The molecule has 0 aliphatic carbocycles. The molecule has 1 rings (SSSR count). The first kappa shape index (κ1) is 11.1. The number of pyridine rings is 1. The molecule has 0 spiro atoms. The fraction of sp³-hybridized carbons (Fsp3) is 0.375. The molecule has 78 valence electrons. The Balaban J connectivity index is 3.17. The first-order valence-electron chi connectivity index (χ1n) is 3.65. The van der Waals surface area contributed by atoms with Gasteiger partial charge in [0.25, 0.3) is 0 Å². The van der Waals surface area contributed by atoms with E-state index >= 15 is 0 Å². The van der Waals surface area contributed by atoms with Crippen molar-refractivity contribution < 1.29 is 17.9 Å². The summed E-state index contributed by atoms with van der Waals surface area (Å²) in [5.74, 6) is 0.0169. The van der Waals surface area contributed by atoms with Gasteiger partial charge in [-0.05, 0) is 0 Å². The number of hydrogen-bond donors (Lipinski definition) is 0. The van der Waals surface area contributed by atoms with Crippen LogP contribution in [0.25, 0.3) is 0 Å². The van der Waals surface area contributed by atoms with E-state index in [0.717, 1.165) is 6.07 Å². The number of aromatic nitrogens is 1. The monoisotopic (exact) mass is 225 g/mol. The molecule has 0 atom stereocenters. The van der Waals surface area contributed by atoms with Gasteiger partial charge in [-0.1, -0.05) is 0 Å². The smallest absolute Gasteiger partial charge is 0.433 e. The molecule has 0 bridgehead atoms. The highest BCUT2D eigenvalue weighted by Crippen LogP contribution is 2.30. The minimum atomic E-state index is -4.48. The van der Waals surface area contributed by atoms with Crippen LogP contribution in [0.15, 0.2) is 12.1 Å². The predicted octanol–water partition coefficient (Wildman–Crippen LogP) is 2.85. The van der Waals surface area contributed by atoms with E-state index in [2.05, 4.69) is 4.98 Å². The SMILES string of the molecule is COc1cc(CCl)nc(C(F)(F)F)c1. The number of rotatable bonds is 2. The first-order valence-corrected chi connectivity index (χ1v) is 4.19. The van der Waals surface area contributed by atoms with Crippen LogP contribution in [0.5, 0.6) is 5.75 Å². The van der Waals surface area contributed by atoms with Crippen LogP contribution in [0.2, 0.25) is 0 Å². The number of alkyl halides is 4. The van der Waals surface area contributed by atoms with E-state index in [1.807, 2.05) is 0 Å². The lowest BCUT2D eigenvalue weighted by molar-refractivity contribution is -0.141. The highest BCUT2D eigenvalue weighted by Gasteiger charge is 2.33. The van der Waals surface area contributed by atoms with Crippen molar-refractivity contribution in [2.75, 3.05) is 7.11 Å². The molecule has 0 aromatic carbocycles. The topological polar surface area (TPSA) is 22.1 Å². The van der Waals surface area contributed by atoms with Gasteiger partial charge in [0.15, 0.2) is 0 Å². The number of nitrogens with zero attached hydrogens (tertiary/aromatic N) is 1. The maximum absolute atomic E-state index is 12.3. The first-order chi connectivity index (χ1) is 6.47. The van der Waals surface area contributed by atoms with Gasteiger partial charge in [-0.15, -0.1) is 11.6 Å². The van der Waals surface area contributed by atoms with Crippen molar-refractivity contribution in [2.45, 2.75) is 12.1 Å². The van der Waals surface area contributed by atoms with E-state index in [9.17, 15) is 13.2 Å². The van der Waals surface area contributed by atoms with E-state index in [1.54, 1.807) is 0 Å². The fourth-order valence-electron chi connectivity index (χ4n) is 0.891. The van der Waals surface area contributed by atoms with E-state index < -0.39 is 11.9 Å². The molecule has 0 saturated carbocycles. The summed E-state index contributed by atoms with van der Waals surface area (Å²) >= 11 is 5.39. The molecule has 1 heterocycles. The van der Waals surface area contributed by atoms with Gasteiger partial charge < -0.3 is 4.74 Å². The van der Waals surface area contributed by atoms with Crippen LogP contribution in [0.1, 0.15) is 11.4 Å². The van der Waals surface area contributed by atoms with Crippen molar-refractivity contribution in [3.8, 4) is 5.75 Å². The summed E-state index contributed by atoms with van der Waals surface area (Å²) in [5.41, 5.74) is -0.856. The Morgan fingerprint density at radius 1 is 1.43 bits per heavy atom. The summed E-state index contributed by atoms with van der Waals surface area (Å²) in [7, 11) is 1.29. The lowest BCUT2D eigenvalue weighted by Crippen LogP contribution is -2.09. The minimum Gasteiger partial charge on any atom is -0.497 e. The summed E-state index contributed by atoms with van der Waals surface area (Å²) in [6, 6.07) is 2.19. The molecule has 6 heteroatoms. The van der Waals surface area contributed by atoms with Gasteiger partial charge in [0.2, 0.25) is 0 Å². The second-order valence-corrected chi connectivity index (χ2v) is 2.78. The zero-order valence-corrected chi connectivity index (χ0v) is 7.99. The molecule has 14 heavy (non-hydrogen) atoms. The third-order valence-electron chi connectivity index (χ3n) is 1.51. The average Bonchev–Trinajstić information content (AvgIpc) is 2.15. The summed E-state index contributed by atoms with van der Waals surface area (Å²) in [6.07, 6.45) is -4.48. The van der Waals surface area contributed by atoms with E-state index in [4.69, 9.17) is 16.3 Å². The summed E-state index contributed by atoms with van der Waals surface area (Å²) in [4.78, 5) is 3.33. The minimum absolute atomic E-state index is 0.0831. The van der Waals surface area contributed by atoms with Gasteiger partial charge in [0, 0.05) is 12.1 Å². The number of ether oxygens (including phenoxy) is 1. The summed E-state index contributed by atoms with van der Waals surface area (Å²) in [5, 5.41) is 0. The van der Waals surface area contributed by atoms with Crippen LogP contribution in [0, 0.1) is 0 Å². The highest BCUT2D eigenvalue weighted by atomic mass is 35.5. The van der Waals surface area contributed by atoms with E-state index in [-0.39, 0.29) is 17.3 Å². The normalized spacial score (nSPS) is 11.5. The molecular formula is C8H7ClF3NO. The number of methoxy groups -OCH3 is 1. The van der Waals surface area contributed by atoms with Crippen LogP contribution in [0.3, 0.4) is 0 Å². The predicted molar refractivity (Wildman–Crippen MR) is 45.3 cm³/mol. The van der Waals surface area contributed by atoms with E-state index in [1.165, 1.54) is 13.2 Å². The standard InChI is InChI=1S/C8H7ClF3NO/c1-14-6-2-5(4-9)13-7(3-6)8(10,11)12/h2-3H,4H2,1H3. The lowest BCUT2D eigenvalue weighted by Gasteiger charge is -2.09. The van der Waals surface area contributed by atoms with Crippen molar-refractivity contribution in [2.24, 2.45) is 0 Å². The van der Waals surface area contributed by atoms with Gasteiger partial charge in [0.05, 0.1) is 18.7 Å². The Kier molecular flexibility index (Phi) is 3.21. The second kappa shape index (κ2) is 4.04. The zero-order valence-electron chi connectivity index (χ0n) is 7.23. The van der Waals surface area contributed by atoms with Crippen molar-refractivity contribution in [1.82, 2.24) is 4.98 Å². The third-order valence-corrected chi connectivity index (χ3v) is 1.79. The average molecular weight is 226 g/mol. The second-order valence-electron chi connectivity index (χ2n) is 2.51. The molecule has 0 aliphatic heterocycles. The molecule has 1 aromatic rings. The molecule has 0 radical (unpaired) electrons. The largest absolute Gasteiger partial charge is 0.497 e. The third kappa shape index (κ3) is 2.51. The van der Waals surface area contributed by atoms with Crippen LogP contribution in [0.4, 0.5) is 13.2 Å². The quantitative estimate of drug-likeness (QED) is 0.722. The molecular weight excluding hydrogens is 219 g/mol. The number of hydrogen-bond acceptors (Lipinski definition) is 2. The Labute approximate surface area is 83.7 Å². The van der Waals surface area contributed by atoms with Crippen molar-refractivity contribution in [3.05, 3.63) is 23.5 Å². The lowest BCUT2D eigenvalue weighted by atomic mass is 10.3. The summed E-state index contributed by atoms with van der Waals surface area (Å²) in [6.45, 7) is 0. The van der Waals surface area contributed by atoms with Gasteiger partial charge in [-0.2, -0.15) is 13.2 Å². The molecule has 0 unspecified atom stereocenters. The summed E-state index contributed by atoms with van der Waals surface area (Å²) < 4.78 is 41.5.